The van der Waals surface area contributed by atoms with E-state index in [0.717, 1.165) is 11.1 Å². The quantitative estimate of drug-likeness (QED) is 0.564. The summed E-state index contributed by atoms with van der Waals surface area (Å²) in [6.45, 7) is 2.39. The third-order valence-corrected chi connectivity index (χ3v) is 4.70. The van der Waals surface area contributed by atoms with Gasteiger partial charge >= 0.3 is 0 Å². The topological polar surface area (TPSA) is 59.6 Å². The van der Waals surface area contributed by atoms with Crippen LogP contribution in [0.15, 0.2) is 59.5 Å². The molecule has 1 amide bonds. The first-order chi connectivity index (χ1) is 13.0. The van der Waals surface area contributed by atoms with E-state index in [-0.39, 0.29) is 11.5 Å². The highest BCUT2D eigenvalue weighted by atomic mass is 16.2. The molecule has 0 N–H and O–H groups in total. The second kappa shape index (κ2) is 6.39. The summed E-state index contributed by atoms with van der Waals surface area (Å²) in [7, 11) is 3.40. The first kappa shape index (κ1) is 17.0. The van der Waals surface area contributed by atoms with Gasteiger partial charge in [0.2, 0.25) is 0 Å². The van der Waals surface area contributed by atoms with Crippen LogP contribution in [0.3, 0.4) is 0 Å². The number of nitrogens with zero attached hydrogens (tertiary/aromatic N) is 4. The fourth-order valence-corrected chi connectivity index (χ4v) is 3.29. The van der Waals surface area contributed by atoms with Crippen LogP contribution in [-0.4, -0.2) is 38.9 Å². The Bertz CT molecular complexity index is 1220. The summed E-state index contributed by atoms with van der Waals surface area (Å²) in [5.74, 6) is -0.158. The van der Waals surface area contributed by atoms with Gasteiger partial charge in [0.1, 0.15) is 17.0 Å². The molecule has 0 aliphatic heterocycles. The van der Waals surface area contributed by atoms with Crippen molar-refractivity contribution in [2.75, 3.05) is 14.1 Å². The molecule has 4 rings (SSSR count). The first-order valence-electron chi connectivity index (χ1n) is 8.74. The second-order valence-electron chi connectivity index (χ2n) is 6.84. The van der Waals surface area contributed by atoms with Crippen LogP contribution in [0, 0.1) is 6.92 Å². The maximum Gasteiger partial charge on any atom is 0.270 e. The Balaban J connectivity index is 2.06. The molecule has 0 fully saturated rings. The predicted molar refractivity (Wildman–Crippen MR) is 105 cm³/mol. The lowest BCUT2D eigenvalue weighted by Crippen LogP contribution is -2.24. The number of carbonyl (C=O) groups is 1. The molecule has 0 saturated heterocycles. The number of pyridine rings is 1. The van der Waals surface area contributed by atoms with Crippen LogP contribution in [0.5, 0.6) is 0 Å². The molecule has 0 saturated carbocycles. The van der Waals surface area contributed by atoms with Crippen molar-refractivity contribution in [2.24, 2.45) is 0 Å². The number of benzene rings is 1. The van der Waals surface area contributed by atoms with Crippen LogP contribution < -0.4 is 5.56 Å². The normalized spacial score (nSPS) is 11.2. The third-order valence-electron chi connectivity index (χ3n) is 4.70. The monoisotopic (exact) mass is 360 g/mol. The zero-order chi connectivity index (χ0) is 19.1. The number of aromatic nitrogens is 3. The smallest absolute Gasteiger partial charge is 0.270 e. The van der Waals surface area contributed by atoms with Gasteiger partial charge in [-0.3, -0.25) is 14.0 Å². The minimum Gasteiger partial charge on any atom is -0.343 e. The molecule has 0 radical (unpaired) electrons. The molecular formula is C21H20N4O2. The van der Waals surface area contributed by atoms with E-state index in [0.29, 0.717) is 28.9 Å². The minimum atomic E-state index is -0.168. The third kappa shape index (κ3) is 2.79. The molecule has 6 heteroatoms. The average molecular weight is 360 g/mol. The lowest BCUT2D eigenvalue weighted by Gasteiger charge is -2.14. The zero-order valence-corrected chi connectivity index (χ0v) is 15.5. The largest absolute Gasteiger partial charge is 0.343 e. The Hall–Kier alpha value is -3.41. The molecule has 6 nitrogen and oxygen atoms in total. The first-order valence-corrected chi connectivity index (χ1v) is 8.74. The van der Waals surface area contributed by atoms with E-state index >= 15 is 0 Å². The van der Waals surface area contributed by atoms with Crippen molar-refractivity contribution < 1.29 is 4.79 Å². The zero-order valence-electron chi connectivity index (χ0n) is 15.5. The minimum absolute atomic E-state index is 0.158. The highest BCUT2D eigenvalue weighted by molar-refractivity contribution is 5.98. The van der Waals surface area contributed by atoms with Gasteiger partial charge in [0.25, 0.3) is 11.5 Å². The van der Waals surface area contributed by atoms with Crippen LogP contribution in [-0.2, 0) is 6.54 Å². The molecular weight excluding hydrogens is 340 g/mol. The van der Waals surface area contributed by atoms with Crippen molar-refractivity contribution in [3.8, 4) is 0 Å². The van der Waals surface area contributed by atoms with Crippen LogP contribution in [0.1, 0.15) is 21.6 Å². The number of fused-ring (bicyclic) bond motifs is 2. The van der Waals surface area contributed by atoms with E-state index in [4.69, 9.17) is 4.98 Å². The van der Waals surface area contributed by atoms with E-state index in [1.807, 2.05) is 54.0 Å². The summed E-state index contributed by atoms with van der Waals surface area (Å²) in [4.78, 5) is 32.1. The van der Waals surface area contributed by atoms with Gasteiger partial charge in [0.15, 0.2) is 0 Å². The standard InChI is InChI=1S/C21H20N4O2/c1-14-8-7-11-24-18(14)22-19-16(20(24)26)12-17(21(27)23(2)3)25(19)13-15-9-5-4-6-10-15/h4-12H,13H2,1-3H3. The van der Waals surface area contributed by atoms with E-state index in [1.165, 1.54) is 9.30 Å². The summed E-state index contributed by atoms with van der Waals surface area (Å²) in [5.41, 5.74) is 3.36. The van der Waals surface area contributed by atoms with Crippen LogP contribution >= 0.6 is 0 Å². The lowest BCUT2D eigenvalue weighted by molar-refractivity contribution is 0.0818. The number of hydrogen-bond donors (Lipinski definition) is 0. The van der Waals surface area contributed by atoms with Gasteiger partial charge in [0, 0.05) is 26.8 Å². The molecule has 1 aromatic carbocycles. The SMILES string of the molecule is Cc1cccn2c(=O)c3cc(C(=O)N(C)C)n(Cc4ccccc4)c3nc12. The number of rotatable bonds is 3. The molecule has 3 aromatic heterocycles. The molecule has 0 atom stereocenters. The molecule has 0 spiro atoms. The molecule has 3 heterocycles. The van der Waals surface area contributed by atoms with Crippen molar-refractivity contribution in [3.63, 3.8) is 0 Å². The van der Waals surface area contributed by atoms with E-state index in [2.05, 4.69) is 0 Å². The van der Waals surface area contributed by atoms with Crippen molar-refractivity contribution in [2.45, 2.75) is 13.5 Å². The molecule has 0 bridgehead atoms. The summed E-state index contributed by atoms with van der Waals surface area (Å²) in [6, 6.07) is 15.2. The van der Waals surface area contributed by atoms with Crippen LogP contribution in [0.4, 0.5) is 0 Å². The molecule has 136 valence electrons. The highest BCUT2D eigenvalue weighted by Crippen LogP contribution is 2.20. The van der Waals surface area contributed by atoms with Gasteiger partial charge in [-0.05, 0) is 30.2 Å². The fourth-order valence-electron chi connectivity index (χ4n) is 3.29. The Labute approximate surface area is 156 Å². The van der Waals surface area contributed by atoms with Gasteiger partial charge < -0.3 is 9.47 Å². The van der Waals surface area contributed by atoms with E-state index in [9.17, 15) is 9.59 Å². The van der Waals surface area contributed by atoms with E-state index in [1.54, 1.807) is 26.4 Å². The Morgan fingerprint density at radius 1 is 1.07 bits per heavy atom. The van der Waals surface area contributed by atoms with Gasteiger partial charge in [-0.25, -0.2) is 4.98 Å². The van der Waals surface area contributed by atoms with Gasteiger partial charge in [0.05, 0.1) is 5.39 Å². The maximum atomic E-state index is 13.0. The van der Waals surface area contributed by atoms with Crippen molar-refractivity contribution >= 4 is 22.6 Å². The number of amides is 1. The predicted octanol–water partition coefficient (Wildman–Crippen LogP) is 2.71. The molecule has 0 aliphatic carbocycles. The van der Waals surface area contributed by atoms with Crippen LogP contribution in [0.25, 0.3) is 16.7 Å². The number of carbonyl (C=O) groups excluding carboxylic acids is 1. The Kier molecular flexibility index (Phi) is 4.03. The summed E-state index contributed by atoms with van der Waals surface area (Å²) >= 11 is 0. The van der Waals surface area contributed by atoms with Gasteiger partial charge in [-0.15, -0.1) is 0 Å². The Morgan fingerprint density at radius 2 is 1.81 bits per heavy atom. The summed E-state index contributed by atoms with van der Waals surface area (Å²) in [6.07, 6.45) is 1.71. The Morgan fingerprint density at radius 3 is 2.52 bits per heavy atom. The second-order valence-corrected chi connectivity index (χ2v) is 6.84. The average Bonchev–Trinajstić information content (AvgIpc) is 3.02. The fraction of sp³-hybridized carbons (Fsp3) is 0.190. The van der Waals surface area contributed by atoms with Gasteiger partial charge in [-0.2, -0.15) is 0 Å². The van der Waals surface area contributed by atoms with Crippen LogP contribution in [0.2, 0.25) is 0 Å². The summed E-state index contributed by atoms with van der Waals surface area (Å²) < 4.78 is 3.37. The molecule has 0 unspecified atom stereocenters. The molecule has 4 aromatic rings. The maximum absolute atomic E-state index is 13.0. The number of hydrogen-bond acceptors (Lipinski definition) is 3. The lowest BCUT2D eigenvalue weighted by atomic mass is 10.2. The van der Waals surface area contributed by atoms with Crippen molar-refractivity contribution in [3.05, 3.63) is 81.9 Å². The van der Waals surface area contributed by atoms with Crippen molar-refractivity contribution in [1.29, 1.82) is 0 Å². The molecule has 27 heavy (non-hydrogen) atoms. The van der Waals surface area contributed by atoms with E-state index < -0.39 is 0 Å². The molecule has 0 aliphatic rings. The summed E-state index contributed by atoms with van der Waals surface area (Å²) in [5, 5.41) is 0.444. The van der Waals surface area contributed by atoms with Gasteiger partial charge in [-0.1, -0.05) is 36.4 Å². The number of aryl methyl sites for hydroxylation is 1. The highest BCUT2D eigenvalue weighted by Gasteiger charge is 2.21. The van der Waals surface area contributed by atoms with Crippen molar-refractivity contribution in [1.82, 2.24) is 18.9 Å².